The molecule has 8 nitrogen and oxygen atoms in total. The lowest BCUT2D eigenvalue weighted by Gasteiger charge is -2.10. The van der Waals surface area contributed by atoms with E-state index in [1.54, 1.807) is 48.7 Å². The van der Waals surface area contributed by atoms with Crippen LogP contribution in [0.1, 0.15) is 16.9 Å². The molecule has 8 heteroatoms. The van der Waals surface area contributed by atoms with Gasteiger partial charge in [-0.2, -0.15) is 10.2 Å². The lowest BCUT2D eigenvalue weighted by molar-refractivity contribution is -0.117. The molecule has 3 aromatic heterocycles. The maximum atomic E-state index is 13.2. The normalized spacial score (nSPS) is 11.2. The van der Waals surface area contributed by atoms with Gasteiger partial charge in [0.25, 0.3) is 11.5 Å². The summed E-state index contributed by atoms with van der Waals surface area (Å²) in [6.07, 6.45) is 4.23. The van der Waals surface area contributed by atoms with Crippen molar-refractivity contribution in [1.29, 1.82) is 5.26 Å². The number of aryl methyl sites for hydroxylation is 1. The number of ether oxygens (including phenoxy) is 1. The van der Waals surface area contributed by atoms with Crippen LogP contribution in [0.15, 0.2) is 81.8 Å². The molecule has 32 heavy (non-hydrogen) atoms. The molecule has 0 bridgehead atoms. The summed E-state index contributed by atoms with van der Waals surface area (Å²) in [6, 6.07) is 17.6. The van der Waals surface area contributed by atoms with E-state index >= 15 is 0 Å². The van der Waals surface area contributed by atoms with E-state index in [1.165, 1.54) is 16.7 Å². The van der Waals surface area contributed by atoms with Crippen molar-refractivity contribution >= 4 is 17.6 Å². The third kappa shape index (κ3) is 4.42. The number of nitriles is 1. The van der Waals surface area contributed by atoms with Gasteiger partial charge >= 0.3 is 0 Å². The van der Waals surface area contributed by atoms with Crippen LogP contribution in [0.5, 0.6) is 11.6 Å². The molecular formula is C24H18N4O4. The Labute approximate surface area is 183 Å². The third-order valence-electron chi connectivity index (χ3n) is 4.60. The zero-order valence-electron chi connectivity index (χ0n) is 17.1. The minimum Gasteiger partial charge on any atom is -0.467 e. The van der Waals surface area contributed by atoms with Crippen molar-refractivity contribution in [2.45, 2.75) is 13.5 Å². The fourth-order valence-corrected chi connectivity index (χ4v) is 3.04. The predicted octanol–water partition coefficient (Wildman–Crippen LogP) is 3.61. The molecule has 0 aliphatic heterocycles. The highest BCUT2D eigenvalue weighted by atomic mass is 16.5. The summed E-state index contributed by atoms with van der Waals surface area (Å²) in [6.45, 7) is 2.01. The quantitative estimate of drug-likeness (QED) is 0.373. The van der Waals surface area contributed by atoms with Crippen molar-refractivity contribution in [1.82, 2.24) is 14.7 Å². The molecule has 1 amide bonds. The van der Waals surface area contributed by atoms with E-state index in [4.69, 9.17) is 9.15 Å². The van der Waals surface area contributed by atoms with Crippen molar-refractivity contribution < 1.29 is 13.9 Å². The lowest BCUT2D eigenvalue weighted by atomic mass is 10.1. The van der Waals surface area contributed by atoms with Crippen LogP contribution >= 0.6 is 0 Å². The van der Waals surface area contributed by atoms with Gasteiger partial charge in [0.15, 0.2) is 0 Å². The SMILES string of the molecule is Cc1cccc(Oc2nc3ccccn3c(=O)c2/C=C(\C#N)C(=O)NCc2ccco2)c1. The van der Waals surface area contributed by atoms with E-state index in [2.05, 4.69) is 10.3 Å². The van der Waals surface area contributed by atoms with E-state index < -0.39 is 11.5 Å². The topological polar surface area (TPSA) is 110 Å². The smallest absolute Gasteiger partial charge is 0.269 e. The Balaban J connectivity index is 1.76. The highest BCUT2D eigenvalue weighted by Gasteiger charge is 2.17. The number of hydrogen-bond donors (Lipinski definition) is 1. The number of carbonyl (C=O) groups excluding carboxylic acids is 1. The number of amides is 1. The molecule has 0 spiro atoms. The summed E-state index contributed by atoms with van der Waals surface area (Å²) >= 11 is 0. The Morgan fingerprint density at radius 3 is 2.88 bits per heavy atom. The Bertz CT molecular complexity index is 1410. The molecule has 1 N–H and O–H groups in total. The molecule has 0 fully saturated rings. The van der Waals surface area contributed by atoms with Crippen molar-refractivity contribution in [2.75, 3.05) is 0 Å². The van der Waals surface area contributed by atoms with Gasteiger partial charge in [-0.3, -0.25) is 14.0 Å². The van der Waals surface area contributed by atoms with Crippen molar-refractivity contribution in [3.05, 3.63) is 99.9 Å². The van der Waals surface area contributed by atoms with Gasteiger partial charge in [-0.25, -0.2) is 0 Å². The second-order valence-electron chi connectivity index (χ2n) is 6.92. The fourth-order valence-electron chi connectivity index (χ4n) is 3.04. The monoisotopic (exact) mass is 426 g/mol. The number of furan rings is 1. The van der Waals surface area contributed by atoms with Gasteiger partial charge in [0.2, 0.25) is 5.88 Å². The minimum atomic E-state index is -0.650. The zero-order valence-corrected chi connectivity index (χ0v) is 17.1. The number of nitrogens with one attached hydrogen (secondary N) is 1. The molecule has 3 heterocycles. The van der Waals surface area contributed by atoms with Gasteiger partial charge in [0.05, 0.1) is 12.8 Å². The van der Waals surface area contributed by atoms with E-state index in [-0.39, 0.29) is 23.6 Å². The average molecular weight is 426 g/mol. The summed E-state index contributed by atoms with van der Waals surface area (Å²) in [5, 5.41) is 12.2. The minimum absolute atomic E-state index is 0.00150. The first kappa shape index (κ1) is 20.6. The second-order valence-corrected chi connectivity index (χ2v) is 6.92. The second kappa shape index (κ2) is 9.02. The summed E-state index contributed by atoms with van der Waals surface area (Å²) in [7, 11) is 0. The van der Waals surface area contributed by atoms with Crippen LogP contribution in [0, 0.1) is 18.3 Å². The largest absolute Gasteiger partial charge is 0.467 e. The molecule has 0 aliphatic rings. The number of benzene rings is 1. The molecule has 4 rings (SSSR count). The summed E-state index contributed by atoms with van der Waals surface area (Å²) in [5.41, 5.74) is 0.593. The number of nitrogens with zero attached hydrogens (tertiary/aromatic N) is 3. The van der Waals surface area contributed by atoms with E-state index in [1.807, 2.05) is 25.1 Å². The molecular weight excluding hydrogens is 408 g/mol. The maximum absolute atomic E-state index is 13.2. The van der Waals surface area contributed by atoms with Crippen LogP contribution in [-0.4, -0.2) is 15.3 Å². The van der Waals surface area contributed by atoms with Crippen molar-refractivity contribution in [2.24, 2.45) is 0 Å². The molecule has 0 aliphatic carbocycles. The summed E-state index contributed by atoms with van der Waals surface area (Å²) in [5.74, 6) is 0.362. The molecule has 0 saturated carbocycles. The van der Waals surface area contributed by atoms with Crippen LogP contribution in [0.3, 0.4) is 0 Å². The lowest BCUT2D eigenvalue weighted by Crippen LogP contribution is -2.24. The Morgan fingerprint density at radius 2 is 2.12 bits per heavy atom. The van der Waals surface area contributed by atoms with Crippen molar-refractivity contribution in [3.8, 4) is 17.7 Å². The molecule has 4 aromatic rings. The zero-order chi connectivity index (χ0) is 22.5. The van der Waals surface area contributed by atoms with Crippen LogP contribution in [-0.2, 0) is 11.3 Å². The first-order valence-electron chi connectivity index (χ1n) is 9.73. The molecule has 0 radical (unpaired) electrons. The van der Waals surface area contributed by atoms with Crippen LogP contribution < -0.4 is 15.6 Å². The van der Waals surface area contributed by atoms with Gasteiger partial charge in [0, 0.05) is 6.20 Å². The number of aromatic nitrogens is 2. The highest BCUT2D eigenvalue weighted by molar-refractivity contribution is 6.01. The number of rotatable bonds is 6. The average Bonchev–Trinajstić information content (AvgIpc) is 3.31. The molecule has 0 saturated heterocycles. The van der Waals surface area contributed by atoms with Gasteiger partial charge in [-0.1, -0.05) is 18.2 Å². The number of carbonyl (C=O) groups is 1. The number of fused-ring (bicyclic) bond motifs is 1. The summed E-state index contributed by atoms with van der Waals surface area (Å²) in [4.78, 5) is 30.2. The Kier molecular flexibility index (Phi) is 5.81. The van der Waals surface area contributed by atoms with Crippen LogP contribution in [0.4, 0.5) is 0 Å². The van der Waals surface area contributed by atoms with Crippen LogP contribution in [0.25, 0.3) is 11.7 Å². The first-order valence-corrected chi connectivity index (χ1v) is 9.73. The van der Waals surface area contributed by atoms with Crippen molar-refractivity contribution in [3.63, 3.8) is 0 Å². The maximum Gasteiger partial charge on any atom is 0.269 e. The molecule has 1 aromatic carbocycles. The molecule has 0 atom stereocenters. The fraction of sp³-hybridized carbons (Fsp3) is 0.0833. The third-order valence-corrected chi connectivity index (χ3v) is 4.60. The van der Waals surface area contributed by atoms with E-state index in [9.17, 15) is 14.9 Å². The number of pyridine rings is 1. The summed E-state index contributed by atoms with van der Waals surface area (Å²) < 4.78 is 12.4. The standard InChI is InChI=1S/C24H18N4O4/c1-16-6-4-7-18(12-16)32-23-20(24(30)28-10-3-2-9-21(28)27-23)13-17(14-25)22(29)26-15-19-8-5-11-31-19/h2-13H,15H2,1H3,(H,26,29)/b17-13+. The van der Waals surface area contributed by atoms with Gasteiger partial charge in [-0.15, -0.1) is 0 Å². The van der Waals surface area contributed by atoms with E-state index in [0.717, 1.165) is 5.56 Å². The van der Waals surface area contributed by atoms with Gasteiger partial charge < -0.3 is 14.5 Å². The molecule has 158 valence electrons. The Hall–Kier alpha value is -4.64. The Morgan fingerprint density at radius 1 is 1.25 bits per heavy atom. The molecule has 0 unspecified atom stereocenters. The van der Waals surface area contributed by atoms with Gasteiger partial charge in [-0.05, 0) is 55.0 Å². The predicted molar refractivity (Wildman–Crippen MR) is 117 cm³/mol. The van der Waals surface area contributed by atoms with Gasteiger partial charge in [0.1, 0.15) is 34.4 Å². The number of hydrogen-bond acceptors (Lipinski definition) is 6. The highest BCUT2D eigenvalue weighted by Crippen LogP contribution is 2.24. The first-order chi connectivity index (χ1) is 15.5. The van der Waals surface area contributed by atoms with E-state index in [0.29, 0.717) is 17.2 Å². The van der Waals surface area contributed by atoms with Crippen LogP contribution in [0.2, 0.25) is 0 Å².